The number of hydrogen-bond acceptors (Lipinski definition) is 7. The fourth-order valence-corrected chi connectivity index (χ4v) is 3.26. The van der Waals surface area contributed by atoms with E-state index in [2.05, 4.69) is 31.2 Å². The number of rotatable bonds is 7. The van der Waals surface area contributed by atoms with E-state index in [0.717, 1.165) is 10.2 Å². The first-order valence-corrected chi connectivity index (χ1v) is 9.33. The van der Waals surface area contributed by atoms with Crippen LogP contribution in [0.2, 0.25) is 0 Å². The zero-order valence-corrected chi connectivity index (χ0v) is 16.3. The first-order chi connectivity index (χ1) is 12.4. The zero-order chi connectivity index (χ0) is 18.7. The molecule has 0 bridgehead atoms. The predicted molar refractivity (Wildman–Crippen MR) is 98.9 cm³/mol. The molecule has 26 heavy (non-hydrogen) atoms. The quantitative estimate of drug-likeness (QED) is 0.315. The van der Waals surface area contributed by atoms with Gasteiger partial charge in [-0.1, -0.05) is 27.7 Å². The van der Waals surface area contributed by atoms with Crippen molar-refractivity contribution in [2.75, 3.05) is 0 Å². The second-order valence-corrected chi connectivity index (χ2v) is 7.21. The molecule has 0 aliphatic rings. The molecule has 1 aromatic carbocycles. The maximum absolute atomic E-state index is 10.7. The highest BCUT2D eigenvalue weighted by atomic mass is 79.9. The Hall–Kier alpha value is -2.40. The van der Waals surface area contributed by atoms with Crippen molar-refractivity contribution in [3.05, 3.63) is 57.1 Å². The third-order valence-corrected chi connectivity index (χ3v) is 5.05. The third-order valence-electron chi connectivity index (χ3n) is 3.52. The number of benzene rings is 1. The van der Waals surface area contributed by atoms with Crippen molar-refractivity contribution in [1.29, 1.82) is 0 Å². The molecule has 2 heterocycles. The average molecular weight is 439 g/mol. The SMILES string of the molecule is CC(Oc1ccc(Br)cc1)c1nnc(SCn2cc([N+](=O)[O-])cn2)n1C. The molecule has 2 aromatic heterocycles. The Bertz CT molecular complexity index is 911. The van der Waals surface area contributed by atoms with E-state index in [1.165, 1.54) is 28.8 Å². The van der Waals surface area contributed by atoms with Crippen LogP contribution in [0.5, 0.6) is 5.75 Å². The molecule has 3 aromatic rings. The number of halogens is 1. The molecule has 0 spiro atoms. The van der Waals surface area contributed by atoms with E-state index >= 15 is 0 Å². The zero-order valence-electron chi connectivity index (χ0n) is 13.9. The molecular weight excluding hydrogens is 424 g/mol. The van der Waals surface area contributed by atoms with Crippen molar-refractivity contribution < 1.29 is 9.66 Å². The Balaban J connectivity index is 1.64. The van der Waals surface area contributed by atoms with E-state index in [-0.39, 0.29) is 11.8 Å². The van der Waals surface area contributed by atoms with Crippen LogP contribution in [0, 0.1) is 10.1 Å². The van der Waals surface area contributed by atoms with Crippen molar-refractivity contribution in [3.8, 4) is 5.75 Å². The fraction of sp³-hybridized carbons (Fsp3) is 0.267. The first-order valence-electron chi connectivity index (χ1n) is 7.55. The van der Waals surface area contributed by atoms with Crippen molar-refractivity contribution in [1.82, 2.24) is 24.5 Å². The standard InChI is InChI=1S/C15H15BrN6O3S/c1-10(25-13-5-3-11(16)4-6-13)14-18-19-15(20(14)2)26-9-21-8-12(7-17-21)22(23)24/h3-8,10H,9H2,1-2H3. The van der Waals surface area contributed by atoms with Crippen LogP contribution in [0.25, 0.3) is 0 Å². The Morgan fingerprint density at radius 1 is 1.35 bits per heavy atom. The highest BCUT2D eigenvalue weighted by Crippen LogP contribution is 2.25. The van der Waals surface area contributed by atoms with Gasteiger partial charge in [0.2, 0.25) is 0 Å². The molecular formula is C15H15BrN6O3S. The smallest absolute Gasteiger partial charge is 0.307 e. The van der Waals surface area contributed by atoms with Gasteiger partial charge in [0.1, 0.15) is 18.1 Å². The summed E-state index contributed by atoms with van der Waals surface area (Å²) >= 11 is 4.77. The molecule has 0 saturated carbocycles. The lowest BCUT2D eigenvalue weighted by atomic mass is 10.3. The van der Waals surface area contributed by atoms with Crippen LogP contribution in [-0.2, 0) is 12.9 Å². The molecule has 1 unspecified atom stereocenters. The second-order valence-electron chi connectivity index (χ2n) is 5.38. The summed E-state index contributed by atoms with van der Waals surface area (Å²) in [6.07, 6.45) is 2.31. The van der Waals surface area contributed by atoms with Gasteiger partial charge >= 0.3 is 5.69 Å². The molecule has 0 aliphatic heterocycles. The normalized spacial score (nSPS) is 12.1. The van der Waals surface area contributed by atoms with Crippen LogP contribution < -0.4 is 4.74 Å². The highest BCUT2D eigenvalue weighted by Gasteiger charge is 2.18. The van der Waals surface area contributed by atoms with Crippen molar-refractivity contribution in [2.24, 2.45) is 7.05 Å². The lowest BCUT2D eigenvalue weighted by Crippen LogP contribution is -2.10. The molecule has 9 nitrogen and oxygen atoms in total. The summed E-state index contributed by atoms with van der Waals surface area (Å²) in [5.41, 5.74) is -0.0409. The molecule has 0 aliphatic carbocycles. The van der Waals surface area contributed by atoms with Gasteiger partial charge in [-0.2, -0.15) is 5.10 Å². The van der Waals surface area contributed by atoms with Gasteiger partial charge in [0.15, 0.2) is 17.1 Å². The van der Waals surface area contributed by atoms with Crippen LogP contribution in [0.1, 0.15) is 18.9 Å². The van der Waals surface area contributed by atoms with Gasteiger partial charge in [-0.3, -0.25) is 14.8 Å². The largest absolute Gasteiger partial charge is 0.483 e. The van der Waals surface area contributed by atoms with Gasteiger partial charge in [0, 0.05) is 11.5 Å². The third kappa shape index (κ3) is 4.22. The van der Waals surface area contributed by atoms with Gasteiger partial charge in [-0.25, -0.2) is 0 Å². The minimum Gasteiger partial charge on any atom is -0.483 e. The summed E-state index contributed by atoms with van der Waals surface area (Å²) in [7, 11) is 1.85. The minimum absolute atomic E-state index is 0.0409. The first kappa shape index (κ1) is 18.4. The summed E-state index contributed by atoms with van der Waals surface area (Å²) < 4.78 is 10.2. The van der Waals surface area contributed by atoms with Crippen LogP contribution in [0.15, 0.2) is 46.3 Å². The molecule has 0 radical (unpaired) electrons. The van der Waals surface area contributed by atoms with Gasteiger partial charge in [-0.05, 0) is 31.2 Å². The van der Waals surface area contributed by atoms with E-state index in [1.54, 1.807) is 0 Å². The van der Waals surface area contributed by atoms with E-state index < -0.39 is 4.92 Å². The molecule has 0 N–H and O–H groups in total. The van der Waals surface area contributed by atoms with E-state index in [0.29, 0.717) is 16.9 Å². The van der Waals surface area contributed by atoms with Crippen LogP contribution in [0.3, 0.4) is 0 Å². The second kappa shape index (κ2) is 7.87. The predicted octanol–water partition coefficient (Wildman–Crippen LogP) is 3.57. The Morgan fingerprint density at radius 2 is 2.08 bits per heavy atom. The van der Waals surface area contributed by atoms with Gasteiger partial charge in [0.25, 0.3) is 0 Å². The van der Waals surface area contributed by atoms with Gasteiger partial charge in [-0.15, -0.1) is 10.2 Å². The maximum atomic E-state index is 10.7. The van der Waals surface area contributed by atoms with Gasteiger partial charge in [0.05, 0.1) is 10.8 Å². The lowest BCUT2D eigenvalue weighted by molar-refractivity contribution is -0.385. The molecule has 3 rings (SSSR count). The number of aromatic nitrogens is 5. The highest BCUT2D eigenvalue weighted by molar-refractivity contribution is 9.10. The average Bonchev–Trinajstić information content (AvgIpc) is 3.22. The topological polar surface area (TPSA) is 101 Å². The fourth-order valence-electron chi connectivity index (χ4n) is 2.22. The van der Waals surface area contributed by atoms with Crippen molar-refractivity contribution in [3.63, 3.8) is 0 Å². The number of nitro groups is 1. The maximum Gasteiger partial charge on any atom is 0.307 e. The van der Waals surface area contributed by atoms with Gasteiger partial charge < -0.3 is 9.30 Å². The summed E-state index contributed by atoms with van der Waals surface area (Å²) in [4.78, 5) is 10.2. The molecule has 136 valence electrons. The van der Waals surface area contributed by atoms with Crippen LogP contribution >= 0.6 is 27.7 Å². The van der Waals surface area contributed by atoms with E-state index in [1.807, 2.05) is 42.8 Å². The molecule has 0 saturated heterocycles. The monoisotopic (exact) mass is 438 g/mol. The molecule has 0 fully saturated rings. The van der Waals surface area contributed by atoms with Crippen LogP contribution in [-0.4, -0.2) is 29.5 Å². The Morgan fingerprint density at radius 3 is 2.73 bits per heavy atom. The molecule has 11 heteroatoms. The van der Waals surface area contributed by atoms with Crippen molar-refractivity contribution in [2.45, 2.75) is 24.1 Å². The van der Waals surface area contributed by atoms with Crippen LogP contribution in [0.4, 0.5) is 5.69 Å². The number of hydrogen-bond donors (Lipinski definition) is 0. The lowest BCUT2D eigenvalue weighted by Gasteiger charge is -2.14. The summed E-state index contributed by atoms with van der Waals surface area (Å²) in [6.45, 7) is 1.90. The Labute approximate surface area is 161 Å². The number of nitrogens with zero attached hydrogens (tertiary/aromatic N) is 6. The molecule has 1 atom stereocenters. The summed E-state index contributed by atoms with van der Waals surface area (Å²) in [5, 5.41) is 23.7. The van der Waals surface area contributed by atoms with E-state index in [4.69, 9.17) is 4.74 Å². The number of ether oxygens (including phenoxy) is 1. The summed E-state index contributed by atoms with van der Waals surface area (Å²) in [5.74, 6) is 1.81. The Kier molecular flexibility index (Phi) is 5.57. The summed E-state index contributed by atoms with van der Waals surface area (Å²) in [6, 6.07) is 7.56. The number of thioether (sulfide) groups is 1. The van der Waals surface area contributed by atoms with E-state index in [9.17, 15) is 10.1 Å². The molecule has 0 amide bonds. The minimum atomic E-state index is -0.476. The van der Waals surface area contributed by atoms with Crippen molar-refractivity contribution >= 4 is 33.4 Å².